The molecule has 0 aromatic heterocycles. The van der Waals surface area contributed by atoms with Gasteiger partial charge in [0.05, 0.1) is 5.02 Å². The van der Waals surface area contributed by atoms with Crippen LogP contribution in [0.2, 0.25) is 5.02 Å². The fourth-order valence-electron chi connectivity index (χ4n) is 3.07. The summed E-state index contributed by atoms with van der Waals surface area (Å²) in [7, 11) is 0. The number of amides is 3. The van der Waals surface area contributed by atoms with E-state index in [1.165, 1.54) is 4.90 Å². The highest BCUT2D eigenvalue weighted by atomic mass is 35.5. The van der Waals surface area contributed by atoms with Crippen molar-refractivity contribution in [1.82, 2.24) is 15.8 Å². The van der Waals surface area contributed by atoms with E-state index in [-0.39, 0.29) is 23.6 Å². The minimum Gasteiger partial charge on any atom is -0.508 e. The number of hydrogen-bond donors (Lipinski definition) is 3. The van der Waals surface area contributed by atoms with Gasteiger partial charge in [-0.2, -0.15) is 0 Å². The van der Waals surface area contributed by atoms with Crippen LogP contribution in [0.5, 0.6) is 5.75 Å². The molecule has 6 nitrogen and oxygen atoms in total. The summed E-state index contributed by atoms with van der Waals surface area (Å²) in [6, 6.07) is 2.57. The first kappa shape index (κ1) is 14.0. The van der Waals surface area contributed by atoms with E-state index < -0.39 is 6.04 Å². The molecule has 0 bridgehead atoms. The van der Waals surface area contributed by atoms with Gasteiger partial charge in [-0.05, 0) is 37.3 Å². The fourth-order valence-corrected chi connectivity index (χ4v) is 3.38. The number of aryl methyl sites for hydroxylation is 1. The van der Waals surface area contributed by atoms with Crippen molar-refractivity contribution in [3.63, 3.8) is 0 Å². The van der Waals surface area contributed by atoms with Gasteiger partial charge >= 0.3 is 6.03 Å². The molecule has 1 aromatic rings. The number of phenolic OH excluding ortho intramolecular Hbond substituents is 1. The van der Waals surface area contributed by atoms with Gasteiger partial charge in [0.25, 0.3) is 5.91 Å². The van der Waals surface area contributed by atoms with Crippen LogP contribution >= 0.6 is 11.6 Å². The largest absolute Gasteiger partial charge is 0.508 e. The first-order valence-electron chi connectivity index (χ1n) is 6.83. The molecule has 3 N–H and O–H groups in total. The molecule has 0 radical (unpaired) electrons. The van der Waals surface area contributed by atoms with E-state index in [0.29, 0.717) is 30.0 Å². The zero-order valence-corrected chi connectivity index (χ0v) is 12.3. The summed E-state index contributed by atoms with van der Waals surface area (Å²) < 4.78 is 0. The number of carbonyl (C=O) groups is 2. The van der Waals surface area contributed by atoms with Crippen molar-refractivity contribution in [3.05, 3.63) is 28.3 Å². The number of phenols is 1. The molecule has 2 atom stereocenters. The van der Waals surface area contributed by atoms with Crippen molar-refractivity contribution in [2.24, 2.45) is 0 Å². The summed E-state index contributed by atoms with van der Waals surface area (Å²) in [4.78, 5) is 25.2. The maximum Gasteiger partial charge on any atom is 0.336 e. The normalized spacial score (nSPS) is 25.1. The molecule has 3 amide bonds. The topological polar surface area (TPSA) is 81.7 Å². The van der Waals surface area contributed by atoms with Gasteiger partial charge in [-0.1, -0.05) is 17.7 Å². The highest BCUT2D eigenvalue weighted by molar-refractivity contribution is 6.32. The number of rotatable bonds is 1. The molecule has 0 aliphatic carbocycles. The maximum absolute atomic E-state index is 11.9. The standard InChI is InChI=1S/C14H16ClN3O3/c1-7-2-3-10(19)11(12(7)15)8-4-5-18-9(6-8)13(20)16-17-14(18)21/h2-3,8-9,19H,4-6H2,1H3,(H,16,20)(H,17,21). The number of benzene rings is 1. The van der Waals surface area contributed by atoms with Gasteiger partial charge in [0, 0.05) is 12.1 Å². The van der Waals surface area contributed by atoms with Crippen molar-refractivity contribution in [2.45, 2.75) is 31.7 Å². The SMILES string of the molecule is Cc1ccc(O)c(C2CCN3C(=O)NNC(=O)C3C2)c1Cl. The lowest BCUT2D eigenvalue weighted by atomic mass is 9.83. The molecule has 21 heavy (non-hydrogen) atoms. The summed E-state index contributed by atoms with van der Waals surface area (Å²) in [5, 5.41) is 10.6. The quantitative estimate of drug-likeness (QED) is 0.738. The second-order valence-electron chi connectivity index (χ2n) is 5.48. The Morgan fingerprint density at radius 1 is 1.33 bits per heavy atom. The third kappa shape index (κ3) is 2.29. The number of aromatic hydroxyl groups is 1. The summed E-state index contributed by atoms with van der Waals surface area (Å²) in [5.74, 6) is -0.136. The average Bonchev–Trinajstić information content (AvgIpc) is 2.47. The van der Waals surface area contributed by atoms with Crippen molar-refractivity contribution in [2.75, 3.05) is 6.54 Å². The minimum absolute atomic E-state index is 0.0460. The summed E-state index contributed by atoms with van der Waals surface area (Å²) in [5.41, 5.74) is 6.26. The third-order valence-corrected chi connectivity index (χ3v) is 4.72. The molecule has 2 aliphatic heterocycles. The molecule has 0 saturated carbocycles. The van der Waals surface area contributed by atoms with Crippen LogP contribution in [0.3, 0.4) is 0 Å². The monoisotopic (exact) mass is 309 g/mol. The second-order valence-corrected chi connectivity index (χ2v) is 5.86. The van der Waals surface area contributed by atoms with Crippen LogP contribution in [0.25, 0.3) is 0 Å². The molecular weight excluding hydrogens is 294 g/mol. The smallest absolute Gasteiger partial charge is 0.336 e. The zero-order valence-electron chi connectivity index (χ0n) is 11.5. The lowest BCUT2D eigenvalue weighted by Crippen LogP contribution is -2.65. The first-order valence-corrected chi connectivity index (χ1v) is 7.21. The van der Waals surface area contributed by atoms with Gasteiger partial charge in [-0.3, -0.25) is 10.2 Å². The number of halogens is 1. The average molecular weight is 310 g/mol. The van der Waals surface area contributed by atoms with Gasteiger partial charge in [0.1, 0.15) is 11.8 Å². The van der Waals surface area contributed by atoms with Crippen LogP contribution in [0.15, 0.2) is 12.1 Å². The Labute approximate surface area is 127 Å². The highest BCUT2D eigenvalue weighted by Gasteiger charge is 2.40. The summed E-state index contributed by atoms with van der Waals surface area (Å²) in [6.07, 6.45) is 1.11. The number of hydrazine groups is 1. The van der Waals surface area contributed by atoms with E-state index in [2.05, 4.69) is 10.9 Å². The molecule has 0 spiro atoms. The van der Waals surface area contributed by atoms with Crippen LogP contribution < -0.4 is 10.9 Å². The fraction of sp³-hybridized carbons (Fsp3) is 0.429. The third-order valence-electron chi connectivity index (χ3n) is 4.22. The number of hydrogen-bond acceptors (Lipinski definition) is 3. The number of urea groups is 1. The van der Waals surface area contributed by atoms with Gasteiger partial charge in [0.15, 0.2) is 0 Å². The lowest BCUT2D eigenvalue weighted by Gasteiger charge is -2.41. The molecular formula is C14H16ClN3O3. The van der Waals surface area contributed by atoms with Crippen LogP contribution in [0, 0.1) is 6.92 Å². The first-order chi connectivity index (χ1) is 9.99. The van der Waals surface area contributed by atoms with Gasteiger partial charge in [-0.25, -0.2) is 10.2 Å². The van der Waals surface area contributed by atoms with Crippen molar-refractivity contribution >= 4 is 23.5 Å². The molecule has 1 aromatic carbocycles. The van der Waals surface area contributed by atoms with E-state index in [4.69, 9.17) is 11.6 Å². The predicted octanol–water partition coefficient (Wildman–Crippen LogP) is 1.66. The van der Waals surface area contributed by atoms with Crippen LogP contribution in [-0.4, -0.2) is 34.5 Å². The summed E-state index contributed by atoms with van der Waals surface area (Å²) >= 11 is 6.32. The number of piperidine rings is 1. The Morgan fingerprint density at radius 3 is 2.86 bits per heavy atom. The van der Waals surface area contributed by atoms with Crippen molar-refractivity contribution < 1.29 is 14.7 Å². The summed E-state index contributed by atoms with van der Waals surface area (Å²) in [6.45, 7) is 2.33. The highest BCUT2D eigenvalue weighted by Crippen LogP contribution is 2.41. The molecule has 2 heterocycles. The van der Waals surface area contributed by atoms with Crippen LogP contribution in [-0.2, 0) is 4.79 Å². The molecule has 3 rings (SSSR count). The Morgan fingerprint density at radius 2 is 2.10 bits per heavy atom. The van der Waals surface area contributed by atoms with Crippen molar-refractivity contribution in [3.8, 4) is 5.75 Å². The lowest BCUT2D eigenvalue weighted by molar-refractivity contribution is -0.129. The van der Waals surface area contributed by atoms with E-state index >= 15 is 0 Å². The van der Waals surface area contributed by atoms with E-state index in [1.807, 2.05) is 6.92 Å². The maximum atomic E-state index is 11.9. The van der Waals surface area contributed by atoms with Crippen LogP contribution in [0.1, 0.15) is 29.9 Å². The molecule has 2 unspecified atom stereocenters. The number of carbonyl (C=O) groups excluding carboxylic acids is 2. The number of nitrogens with one attached hydrogen (secondary N) is 2. The van der Waals surface area contributed by atoms with Gasteiger partial charge < -0.3 is 10.0 Å². The predicted molar refractivity (Wildman–Crippen MR) is 77.0 cm³/mol. The molecule has 2 saturated heterocycles. The van der Waals surface area contributed by atoms with Gasteiger partial charge in [0.2, 0.25) is 0 Å². The van der Waals surface area contributed by atoms with E-state index in [0.717, 1.165) is 5.56 Å². The Kier molecular flexibility index (Phi) is 3.41. The van der Waals surface area contributed by atoms with E-state index in [1.54, 1.807) is 12.1 Å². The Hall–Kier alpha value is -1.95. The zero-order chi connectivity index (χ0) is 15.1. The molecule has 2 fully saturated rings. The number of nitrogens with zero attached hydrogens (tertiary/aromatic N) is 1. The van der Waals surface area contributed by atoms with E-state index in [9.17, 15) is 14.7 Å². The molecule has 2 aliphatic rings. The second kappa shape index (κ2) is 5.11. The van der Waals surface area contributed by atoms with Crippen LogP contribution in [0.4, 0.5) is 4.79 Å². The Bertz CT molecular complexity index is 620. The molecule has 112 valence electrons. The van der Waals surface area contributed by atoms with Crippen molar-refractivity contribution in [1.29, 1.82) is 0 Å². The number of fused-ring (bicyclic) bond motifs is 1. The minimum atomic E-state index is -0.520. The van der Waals surface area contributed by atoms with Gasteiger partial charge in [-0.15, -0.1) is 0 Å². The molecule has 7 heteroatoms. The Balaban J connectivity index is 1.91.